The maximum atomic E-state index is 14.3. The van der Waals surface area contributed by atoms with Crippen molar-refractivity contribution in [3.8, 4) is 0 Å². The van der Waals surface area contributed by atoms with Crippen LogP contribution in [0.25, 0.3) is 0 Å². The van der Waals surface area contributed by atoms with Crippen molar-refractivity contribution < 1.29 is 32.7 Å². The van der Waals surface area contributed by atoms with Crippen molar-refractivity contribution in [3.63, 3.8) is 0 Å². The standard InChI is InChI=1S/C24H22ClF3N6O4/c25-18-7-2-1-6-17(18)20(21(35)30-15-10-24(27,28)11-15)34(16-5-3-4-13(26)8-16)22(36)19-9-14(31-32-29)12-33(19)23(37)38/h1-8,14-15,19-20,29H,9-12H2,(H-,30,35,37,38)/t14?,19?,20-/m0/s1. The molecule has 0 bridgehead atoms. The van der Waals surface area contributed by atoms with Crippen molar-refractivity contribution in [2.45, 2.75) is 49.4 Å². The molecule has 2 aromatic carbocycles. The van der Waals surface area contributed by atoms with E-state index in [0.717, 1.165) is 17.0 Å². The first-order chi connectivity index (χ1) is 18.0. The molecule has 1 saturated carbocycles. The molecule has 2 aliphatic rings. The first-order valence-corrected chi connectivity index (χ1v) is 11.9. The normalized spacial score (nSPS) is 21.1. The molecule has 2 fully saturated rings. The van der Waals surface area contributed by atoms with E-state index in [0.29, 0.717) is 4.90 Å². The maximum absolute atomic E-state index is 14.3. The van der Waals surface area contributed by atoms with Crippen molar-refractivity contribution in [1.82, 2.24) is 15.1 Å². The van der Waals surface area contributed by atoms with E-state index in [1.807, 2.05) is 0 Å². The topological polar surface area (TPSA) is 143 Å². The summed E-state index contributed by atoms with van der Waals surface area (Å²) in [6.45, 7) is -0.293. The zero-order chi connectivity index (χ0) is 27.6. The summed E-state index contributed by atoms with van der Waals surface area (Å²) in [5.41, 5.74) is 6.96. The maximum Gasteiger partial charge on any atom is 0.252 e. The molecule has 38 heavy (non-hydrogen) atoms. The lowest BCUT2D eigenvalue weighted by Crippen LogP contribution is -2.57. The number of nitrogens with one attached hydrogen (secondary N) is 2. The fourth-order valence-electron chi connectivity index (χ4n) is 4.74. The third kappa shape index (κ3) is 5.63. The van der Waals surface area contributed by atoms with Crippen LogP contribution in [0.15, 0.2) is 53.6 Å². The highest BCUT2D eigenvalue weighted by molar-refractivity contribution is 6.31. The largest absolute Gasteiger partial charge is 0.530 e. The molecule has 200 valence electrons. The van der Waals surface area contributed by atoms with E-state index in [1.54, 1.807) is 12.1 Å². The van der Waals surface area contributed by atoms with Crippen molar-refractivity contribution in [2.75, 3.05) is 11.4 Å². The van der Waals surface area contributed by atoms with E-state index in [-0.39, 0.29) is 29.2 Å². The second-order valence-corrected chi connectivity index (χ2v) is 9.53. The minimum Gasteiger partial charge on any atom is -0.530 e. The molecule has 2 unspecified atom stereocenters. The third-order valence-electron chi connectivity index (χ3n) is 6.49. The summed E-state index contributed by atoms with van der Waals surface area (Å²) in [5.74, 6) is -5.48. The number of hydrogen-bond acceptors (Lipinski definition) is 6. The van der Waals surface area contributed by atoms with Gasteiger partial charge in [-0.2, -0.15) is 0 Å². The van der Waals surface area contributed by atoms with E-state index in [2.05, 4.69) is 15.3 Å². The minimum absolute atomic E-state index is 0.0601. The molecule has 10 nitrogen and oxygen atoms in total. The highest BCUT2D eigenvalue weighted by Crippen LogP contribution is 2.39. The van der Waals surface area contributed by atoms with E-state index >= 15 is 0 Å². The number of alkyl halides is 2. The average Bonchev–Trinajstić information content (AvgIpc) is 3.26. The van der Waals surface area contributed by atoms with Crippen LogP contribution in [-0.4, -0.2) is 53.4 Å². The summed E-state index contributed by atoms with van der Waals surface area (Å²) < 4.78 is 41.3. The van der Waals surface area contributed by atoms with Crippen molar-refractivity contribution >= 4 is 35.2 Å². The number of anilines is 1. The van der Waals surface area contributed by atoms with Crippen LogP contribution in [0.4, 0.5) is 23.7 Å². The number of hydrogen-bond donors (Lipinski definition) is 2. The Bertz CT molecular complexity index is 1300. The molecule has 0 aromatic heterocycles. The third-order valence-corrected chi connectivity index (χ3v) is 6.83. The van der Waals surface area contributed by atoms with Crippen molar-refractivity contribution in [3.05, 3.63) is 64.9 Å². The summed E-state index contributed by atoms with van der Waals surface area (Å²) in [5, 5.41) is 18.0. The molecule has 1 aliphatic carbocycles. The number of carbonyl (C=O) groups is 3. The number of nitrogens with zero attached hydrogens (tertiary/aromatic N) is 4. The van der Waals surface area contributed by atoms with Gasteiger partial charge in [0.15, 0.2) is 6.04 Å². The fourth-order valence-corrected chi connectivity index (χ4v) is 4.98. The Hall–Kier alpha value is -3.96. The number of likely N-dealkylation sites (tertiary alicyclic amines) is 1. The summed E-state index contributed by atoms with van der Waals surface area (Å²) in [7, 11) is 0. The van der Waals surface area contributed by atoms with E-state index in [1.165, 1.54) is 24.3 Å². The summed E-state index contributed by atoms with van der Waals surface area (Å²) in [6, 6.07) is 6.03. The molecule has 1 aliphatic heterocycles. The van der Waals surface area contributed by atoms with Gasteiger partial charge >= 0.3 is 0 Å². The quantitative estimate of drug-likeness (QED) is 0.403. The molecule has 1 saturated heterocycles. The number of halogens is 4. The van der Waals surface area contributed by atoms with Gasteiger partial charge in [-0.3, -0.25) is 14.5 Å². The Morgan fingerprint density at radius 3 is 2.53 bits per heavy atom. The second kappa shape index (κ2) is 10.8. The van der Waals surface area contributed by atoms with Gasteiger partial charge in [0.05, 0.1) is 0 Å². The molecular formula is C24H22ClF3N6O4. The predicted octanol–water partition coefficient (Wildman–Crippen LogP) is 2.80. The molecule has 4 rings (SSSR count). The van der Waals surface area contributed by atoms with Crippen molar-refractivity contribution in [2.24, 2.45) is 5.11 Å². The zero-order valence-electron chi connectivity index (χ0n) is 19.7. The second-order valence-electron chi connectivity index (χ2n) is 9.12. The van der Waals surface area contributed by atoms with Crippen LogP contribution in [0.3, 0.4) is 0 Å². The smallest absolute Gasteiger partial charge is 0.252 e. The van der Waals surface area contributed by atoms with Gasteiger partial charge in [0, 0.05) is 48.1 Å². The van der Waals surface area contributed by atoms with Crippen LogP contribution in [0.5, 0.6) is 0 Å². The SMILES string of the molecule is N=[N+]=NC1CC(C(=O)N(c2cccc(F)c2)[C@H](C(=O)NC2CC(F)(F)C2)c2ccccc2Cl)N(C(=O)[O-])C1. The van der Waals surface area contributed by atoms with Gasteiger partial charge in [0.2, 0.25) is 10.8 Å². The van der Waals surface area contributed by atoms with Crippen LogP contribution in [-0.2, 0) is 9.59 Å². The van der Waals surface area contributed by atoms with E-state index < -0.39 is 66.7 Å². The van der Waals surface area contributed by atoms with Gasteiger partial charge in [-0.05, 0) is 24.3 Å². The lowest BCUT2D eigenvalue weighted by Gasteiger charge is -2.39. The average molecular weight is 551 g/mol. The number of carbonyl (C=O) groups excluding carboxylic acids is 3. The van der Waals surface area contributed by atoms with Gasteiger partial charge in [0.1, 0.15) is 34.6 Å². The van der Waals surface area contributed by atoms with Crippen LogP contribution >= 0.6 is 11.6 Å². The lowest BCUT2D eigenvalue weighted by atomic mass is 9.87. The highest BCUT2D eigenvalue weighted by Gasteiger charge is 2.48. The first-order valence-electron chi connectivity index (χ1n) is 11.6. The van der Waals surface area contributed by atoms with Gasteiger partial charge in [-0.25, -0.2) is 13.2 Å². The van der Waals surface area contributed by atoms with Gasteiger partial charge in [-0.1, -0.05) is 35.9 Å². The Labute approximate surface area is 219 Å². The molecule has 1 heterocycles. The van der Waals surface area contributed by atoms with Gasteiger partial charge in [-0.15, -0.1) is 0 Å². The van der Waals surface area contributed by atoms with E-state index in [9.17, 15) is 32.7 Å². The first kappa shape index (κ1) is 27.1. The summed E-state index contributed by atoms with van der Waals surface area (Å²) in [4.78, 5) is 44.0. The Morgan fingerprint density at radius 1 is 1.21 bits per heavy atom. The Balaban J connectivity index is 1.81. The monoisotopic (exact) mass is 550 g/mol. The molecule has 2 aromatic rings. The van der Waals surface area contributed by atoms with E-state index in [4.69, 9.17) is 17.1 Å². The van der Waals surface area contributed by atoms with Crippen LogP contribution in [0.2, 0.25) is 5.02 Å². The van der Waals surface area contributed by atoms with Crippen molar-refractivity contribution in [1.29, 1.82) is 5.53 Å². The number of carboxylic acid groups (broad SMARTS) is 1. The summed E-state index contributed by atoms with van der Waals surface area (Å²) >= 11 is 6.39. The van der Waals surface area contributed by atoms with Crippen LogP contribution < -0.4 is 20.2 Å². The van der Waals surface area contributed by atoms with Gasteiger partial charge in [0.25, 0.3) is 11.8 Å². The van der Waals surface area contributed by atoms with Crippen LogP contribution in [0.1, 0.15) is 30.9 Å². The number of amides is 3. The Kier molecular flexibility index (Phi) is 7.70. The zero-order valence-corrected chi connectivity index (χ0v) is 20.4. The predicted molar refractivity (Wildman–Crippen MR) is 126 cm³/mol. The number of rotatable bonds is 7. The molecule has 2 N–H and O–H groups in total. The lowest BCUT2D eigenvalue weighted by molar-refractivity contribution is -0.266. The molecular weight excluding hydrogens is 529 g/mol. The molecule has 3 amide bonds. The molecule has 0 spiro atoms. The minimum atomic E-state index is -2.93. The molecule has 0 radical (unpaired) electrons. The van der Waals surface area contributed by atoms with Gasteiger partial charge < -0.3 is 20.1 Å². The molecule has 14 heteroatoms. The Morgan fingerprint density at radius 2 is 1.92 bits per heavy atom. The number of benzene rings is 2. The van der Waals surface area contributed by atoms with Crippen LogP contribution in [0, 0.1) is 11.3 Å². The highest BCUT2D eigenvalue weighted by atomic mass is 35.5. The fraction of sp³-hybridized carbons (Fsp3) is 0.375. The summed E-state index contributed by atoms with van der Waals surface area (Å²) in [6.07, 6.45) is -3.07. The molecule has 3 atom stereocenters.